The summed E-state index contributed by atoms with van der Waals surface area (Å²) in [6.07, 6.45) is 3.39. The number of rotatable bonds is 5. The fraction of sp³-hybridized carbons (Fsp3) is 0.125. The summed E-state index contributed by atoms with van der Waals surface area (Å²) in [4.78, 5) is 16.5. The van der Waals surface area contributed by atoms with Gasteiger partial charge in [0.15, 0.2) is 0 Å². The Morgan fingerprint density at radius 3 is 2.87 bits per heavy atom. The Balaban J connectivity index is 1.62. The van der Waals surface area contributed by atoms with Gasteiger partial charge >= 0.3 is 0 Å². The third kappa shape index (κ3) is 3.43. The lowest BCUT2D eigenvalue weighted by molar-refractivity contribution is 0.0959. The summed E-state index contributed by atoms with van der Waals surface area (Å²) in [6, 6.07) is 8.40. The smallest absolute Gasteiger partial charge is 0.262 e. The topological polar surface area (TPSA) is 54.0 Å². The van der Waals surface area contributed by atoms with E-state index in [0.717, 1.165) is 5.69 Å². The molecule has 1 amide bonds. The van der Waals surface area contributed by atoms with Gasteiger partial charge in [-0.05, 0) is 24.3 Å². The van der Waals surface area contributed by atoms with Crippen molar-refractivity contribution in [1.82, 2.24) is 10.3 Å². The van der Waals surface area contributed by atoms with Crippen molar-refractivity contribution in [2.75, 3.05) is 18.4 Å². The molecular weight excluding hydrogens is 337 g/mol. The van der Waals surface area contributed by atoms with Crippen molar-refractivity contribution < 1.29 is 9.18 Å². The number of nitrogens with zero attached hydrogens (tertiary/aromatic N) is 1. The summed E-state index contributed by atoms with van der Waals surface area (Å²) < 4.78 is 14.5. The number of hydrogen-bond acceptors (Lipinski definition) is 4. The molecule has 0 atom stereocenters. The van der Waals surface area contributed by atoms with E-state index in [9.17, 15) is 9.18 Å². The van der Waals surface area contributed by atoms with Gasteiger partial charge in [0.25, 0.3) is 5.91 Å². The highest BCUT2D eigenvalue weighted by Gasteiger charge is 2.18. The summed E-state index contributed by atoms with van der Waals surface area (Å²) in [5.41, 5.74) is 0.878. The van der Waals surface area contributed by atoms with Crippen LogP contribution in [-0.2, 0) is 0 Å². The molecule has 4 nitrogen and oxygen atoms in total. The van der Waals surface area contributed by atoms with Crippen LogP contribution < -0.4 is 10.6 Å². The second-order valence-electron chi connectivity index (χ2n) is 4.78. The predicted octanol–water partition coefficient (Wildman–Crippen LogP) is 3.93. The number of pyridine rings is 1. The molecule has 0 aliphatic rings. The fourth-order valence-corrected chi connectivity index (χ4v) is 3.62. The van der Waals surface area contributed by atoms with Gasteiger partial charge in [-0.15, -0.1) is 11.3 Å². The summed E-state index contributed by atoms with van der Waals surface area (Å²) in [5.74, 6) is -0.718. The van der Waals surface area contributed by atoms with Gasteiger partial charge < -0.3 is 10.6 Å². The van der Waals surface area contributed by atoms with Crippen LogP contribution in [0, 0.1) is 5.82 Å². The second-order valence-corrected chi connectivity index (χ2v) is 6.21. The highest BCUT2D eigenvalue weighted by molar-refractivity contribution is 7.21. The number of hydrogen-bond donors (Lipinski definition) is 2. The third-order valence-electron chi connectivity index (χ3n) is 3.21. The average molecular weight is 350 g/mol. The molecular formula is C16H13ClFN3OS. The number of amides is 1. The van der Waals surface area contributed by atoms with E-state index in [1.54, 1.807) is 24.5 Å². The van der Waals surface area contributed by atoms with Crippen molar-refractivity contribution in [3.63, 3.8) is 0 Å². The molecule has 3 rings (SSSR count). The molecule has 2 N–H and O–H groups in total. The number of thiophene rings is 1. The Morgan fingerprint density at radius 2 is 2.13 bits per heavy atom. The van der Waals surface area contributed by atoms with Crippen molar-refractivity contribution in [2.24, 2.45) is 0 Å². The first kappa shape index (κ1) is 15.7. The van der Waals surface area contributed by atoms with Crippen molar-refractivity contribution in [3.05, 3.63) is 58.4 Å². The zero-order valence-corrected chi connectivity index (χ0v) is 13.5. The number of carbonyl (C=O) groups is 1. The lowest BCUT2D eigenvalue weighted by atomic mass is 10.2. The molecule has 0 spiro atoms. The molecule has 2 aromatic heterocycles. The van der Waals surface area contributed by atoms with Gasteiger partial charge in [-0.25, -0.2) is 4.39 Å². The van der Waals surface area contributed by atoms with Crippen LogP contribution in [0.3, 0.4) is 0 Å². The first-order chi connectivity index (χ1) is 11.2. The van der Waals surface area contributed by atoms with Gasteiger partial charge in [0.2, 0.25) is 0 Å². The minimum absolute atomic E-state index is 0.167. The summed E-state index contributed by atoms with van der Waals surface area (Å²) in [5, 5.41) is 6.38. The maximum Gasteiger partial charge on any atom is 0.262 e. The molecule has 23 heavy (non-hydrogen) atoms. The molecule has 0 bridgehead atoms. The standard InChI is InChI=1S/C16H13ClFN3OS/c17-14-13-11(18)4-1-5-12(13)23-15(14)16(22)21-8-7-20-10-3-2-6-19-9-10/h1-6,9,20H,7-8H2,(H,21,22). The van der Waals surface area contributed by atoms with Crippen LogP contribution in [0.15, 0.2) is 42.7 Å². The summed E-state index contributed by atoms with van der Waals surface area (Å²) in [7, 11) is 0. The Bertz CT molecular complexity index is 838. The number of benzene rings is 1. The fourth-order valence-electron chi connectivity index (χ4n) is 2.15. The molecule has 118 valence electrons. The predicted molar refractivity (Wildman–Crippen MR) is 91.9 cm³/mol. The maximum atomic E-state index is 13.8. The van der Waals surface area contributed by atoms with E-state index >= 15 is 0 Å². The first-order valence-electron chi connectivity index (χ1n) is 6.95. The maximum absolute atomic E-state index is 13.8. The molecule has 0 radical (unpaired) electrons. The quantitative estimate of drug-likeness (QED) is 0.686. The number of anilines is 1. The molecule has 0 aliphatic carbocycles. The van der Waals surface area contributed by atoms with Gasteiger partial charge in [-0.3, -0.25) is 9.78 Å². The third-order valence-corrected chi connectivity index (χ3v) is 4.86. The number of nitrogens with one attached hydrogen (secondary N) is 2. The van der Waals surface area contributed by atoms with E-state index in [2.05, 4.69) is 15.6 Å². The second kappa shape index (κ2) is 6.93. The van der Waals surface area contributed by atoms with Gasteiger partial charge in [0.05, 0.1) is 10.7 Å². The number of aromatic nitrogens is 1. The van der Waals surface area contributed by atoms with Crippen LogP contribution in [0.25, 0.3) is 10.1 Å². The molecule has 0 fully saturated rings. The van der Waals surface area contributed by atoms with E-state index in [0.29, 0.717) is 28.1 Å². The lowest BCUT2D eigenvalue weighted by Gasteiger charge is -2.07. The number of halogens is 2. The van der Waals surface area contributed by atoms with E-state index < -0.39 is 5.82 Å². The minimum atomic E-state index is -0.416. The zero-order valence-electron chi connectivity index (χ0n) is 12.0. The first-order valence-corrected chi connectivity index (χ1v) is 8.15. The van der Waals surface area contributed by atoms with Crippen molar-refractivity contribution in [1.29, 1.82) is 0 Å². The number of carbonyl (C=O) groups excluding carboxylic acids is 1. The Morgan fingerprint density at radius 1 is 1.26 bits per heavy atom. The van der Waals surface area contributed by atoms with Crippen LogP contribution in [0.1, 0.15) is 9.67 Å². The Hall–Kier alpha value is -2.18. The van der Waals surface area contributed by atoms with Crippen molar-refractivity contribution in [2.45, 2.75) is 0 Å². The van der Waals surface area contributed by atoms with Crippen LogP contribution in [0.2, 0.25) is 5.02 Å². The van der Waals surface area contributed by atoms with E-state index in [1.165, 1.54) is 17.4 Å². The molecule has 3 aromatic rings. The molecule has 7 heteroatoms. The largest absolute Gasteiger partial charge is 0.382 e. The highest BCUT2D eigenvalue weighted by atomic mass is 35.5. The minimum Gasteiger partial charge on any atom is -0.382 e. The monoisotopic (exact) mass is 349 g/mol. The van der Waals surface area contributed by atoms with E-state index in [1.807, 2.05) is 12.1 Å². The molecule has 1 aromatic carbocycles. The molecule has 2 heterocycles. The van der Waals surface area contributed by atoms with Gasteiger partial charge in [0, 0.05) is 35.6 Å². The number of fused-ring (bicyclic) bond motifs is 1. The van der Waals surface area contributed by atoms with Crippen molar-refractivity contribution in [3.8, 4) is 0 Å². The van der Waals surface area contributed by atoms with Gasteiger partial charge in [-0.2, -0.15) is 0 Å². The highest BCUT2D eigenvalue weighted by Crippen LogP contribution is 2.36. The molecule has 0 saturated carbocycles. The van der Waals surface area contributed by atoms with Crippen LogP contribution in [-0.4, -0.2) is 24.0 Å². The van der Waals surface area contributed by atoms with Gasteiger partial charge in [-0.1, -0.05) is 17.7 Å². The van der Waals surface area contributed by atoms with Crippen LogP contribution in [0.5, 0.6) is 0 Å². The normalized spacial score (nSPS) is 10.7. The molecule has 0 unspecified atom stereocenters. The van der Waals surface area contributed by atoms with Crippen LogP contribution in [0.4, 0.5) is 10.1 Å². The molecule has 0 aliphatic heterocycles. The van der Waals surface area contributed by atoms with E-state index in [4.69, 9.17) is 11.6 Å². The zero-order chi connectivity index (χ0) is 16.2. The average Bonchev–Trinajstić information content (AvgIpc) is 2.91. The summed E-state index contributed by atoms with van der Waals surface area (Å²) in [6.45, 7) is 0.967. The SMILES string of the molecule is O=C(NCCNc1cccnc1)c1sc2cccc(F)c2c1Cl. The Labute approximate surface area is 141 Å². The van der Waals surface area contributed by atoms with E-state index in [-0.39, 0.29) is 10.9 Å². The summed E-state index contributed by atoms with van der Waals surface area (Å²) >= 11 is 7.34. The Kier molecular flexibility index (Phi) is 4.73. The van der Waals surface area contributed by atoms with Crippen molar-refractivity contribution >= 4 is 44.6 Å². The van der Waals surface area contributed by atoms with Gasteiger partial charge in [0.1, 0.15) is 10.7 Å². The lowest BCUT2D eigenvalue weighted by Crippen LogP contribution is -2.28. The van der Waals surface area contributed by atoms with Crippen LogP contribution >= 0.6 is 22.9 Å². The molecule has 0 saturated heterocycles.